The van der Waals surface area contributed by atoms with Gasteiger partial charge in [0.15, 0.2) is 0 Å². The van der Waals surface area contributed by atoms with Gasteiger partial charge in [0.1, 0.15) is 0 Å². The van der Waals surface area contributed by atoms with Crippen molar-refractivity contribution in [3.8, 4) is 0 Å². The molecule has 0 aromatic rings. The van der Waals surface area contributed by atoms with Gasteiger partial charge in [0.2, 0.25) is 0 Å². The number of methoxy groups -OCH3 is 1. The Labute approximate surface area is 97.9 Å². The average Bonchev–Trinajstić information content (AvgIpc) is 2.23. The maximum atomic E-state index is 4.98. The summed E-state index contributed by atoms with van der Waals surface area (Å²) in [5, 5.41) is 4.20. The minimum absolute atomic E-state index is 0.817. The van der Waals surface area contributed by atoms with E-state index in [0.717, 1.165) is 24.9 Å². The molecule has 1 saturated heterocycles. The third kappa shape index (κ3) is 6.40. The summed E-state index contributed by atoms with van der Waals surface area (Å²) < 4.78 is 4.98. The van der Waals surface area contributed by atoms with Crippen molar-refractivity contribution >= 4 is 11.8 Å². The zero-order chi connectivity index (χ0) is 10.9. The summed E-state index contributed by atoms with van der Waals surface area (Å²) in [6.45, 7) is 9.01. The van der Waals surface area contributed by atoms with Crippen molar-refractivity contribution in [1.82, 2.24) is 10.2 Å². The standard InChI is InChI=1S/C11H24N2OS/c1-11-10-13(7-9-15-11)6-3-4-12-5-8-14-2/h11-12H,3-10H2,1-2H3. The smallest absolute Gasteiger partial charge is 0.0587 e. The van der Waals surface area contributed by atoms with Crippen LogP contribution in [-0.4, -0.2) is 62.3 Å². The molecule has 15 heavy (non-hydrogen) atoms. The molecule has 1 atom stereocenters. The predicted molar refractivity (Wildman–Crippen MR) is 67.7 cm³/mol. The van der Waals surface area contributed by atoms with Gasteiger partial charge < -0.3 is 15.0 Å². The van der Waals surface area contributed by atoms with E-state index in [1.165, 1.54) is 31.8 Å². The second-order valence-electron chi connectivity index (χ2n) is 4.08. The second kappa shape index (κ2) is 8.39. The summed E-state index contributed by atoms with van der Waals surface area (Å²) in [6.07, 6.45) is 1.25. The first-order valence-corrected chi connectivity index (χ1v) is 6.91. The molecule has 3 nitrogen and oxygen atoms in total. The van der Waals surface area contributed by atoms with Gasteiger partial charge in [-0.3, -0.25) is 0 Å². The molecule has 1 N–H and O–H groups in total. The lowest BCUT2D eigenvalue weighted by molar-refractivity contribution is 0.198. The van der Waals surface area contributed by atoms with E-state index in [1.54, 1.807) is 7.11 Å². The van der Waals surface area contributed by atoms with E-state index in [-0.39, 0.29) is 0 Å². The summed E-state index contributed by atoms with van der Waals surface area (Å²) in [6, 6.07) is 0. The third-order valence-corrected chi connectivity index (χ3v) is 3.77. The zero-order valence-corrected chi connectivity index (χ0v) is 10.8. The number of hydrogen-bond donors (Lipinski definition) is 1. The number of ether oxygens (including phenoxy) is 1. The van der Waals surface area contributed by atoms with E-state index in [2.05, 4.69) is 28.9 Å². The van der Waals surface area contributed by atoms with Crippen molar-refractivity contribution in [2.75, 3.05) is 52.2 Å². The lowest BCUT2D eigenvalue weighted by Gasteiger charge is -2.30. The molecule has 1 aliphatic rings. The van der Waals surface area contributed by atoms with E-state index in [1.807, 2.05) is 0 Å². The number of hydrogen-bond acceptors (Lipinski definition) is 4. The molecule has 0 aromatic heterocycles. The molecule has 90 valence electrons. The molecule has 1 unspecified atom stereocenters. The quantitative estimate of drug-likeness (QED) is 0.663. The van der Waals surface area contributed by atoms with Crippen LogP contribution in [0.4, 0.5) is 0 Å². The lowest BCUT2D eigenvalue weighted by Crippen LogP contribution is -2.38. The molecule has 1 heterocycles. The largest absolute Gasteiger partial charge is 0.383 e. The highest BCUT2D eigenvalue weighted by molar-refractivity contribution is 7.99. The Hall–Kier alpha value is 0.230. The maximum absolute atomic E-state index is 4.98. The van der Waals surface area contributed by atoms with Crippen LogP contribution in [0.25, 0.3) is 0 Å². The van der Waals surface area contributed by atoms with Gasteiger partial charge in [-0.2, -0.15) is 11.8 Å². The Morgan fingerprint density at radius 1 is 1.47 bits per heavy atom. The van der Waals surface area contributed by atoms with Gasteiger partial charge in [-0.25, -0.2) is 0 Å². The second-order valence-corrected chi connectivity index (χ2v) is 5.62. The molecule has 0 bridgehead atoms. The van der Waals surface area contributed by atoms with Gasteiger partial charge in [0.05, 0.1) is 6.61 Å². The fourth-order valence-corrected chi connectivity index (χ4v) is 2.90. The molecular weight excluding hydrogens is 208 g/mol. The third-order valence-electron chi connectivity index (χ3n) is 2.64. The Bertz CT molecular complexity index is 158. The molecule has 0 spiro atoms. The van der Waals surface area contributed by atoms with Crippen LogP contribution in [0.5, 0.6) is 0 Å². The van der Waals surface area contributed by atoms with E-state index in [0.29, 0.717) is 0 Å². The highest BCUT2D eigenvalue weighted by Gasteiger charge is 2.15. The van der Waals surface area contributed by atoms with Crippen molar-refractivity contribution in [2.24, 2.45) is 0 Å². The van der Waals surface area contributed by atoms with Crippen LogP contribution in [0.15, 0.2) is 0 Å². The fraction of sp³-hybridized carbons (Fsp3) is 1.00. The first-order chi connectivity index (χ1) is 7.33. The molecule has 4 heteroatoms. The van der Waals surface area contributed by atoms with Gasteiger partial charge in [0, 0.05) is 37.7 Å². The van der Waals surface area contributed by atoms with Crippen LogP contribution < -0.4 is 5.32 Å². The molecule has 1 fully saturated rings. The van der Waals surface area contributed by atoms with Crippen molar-refractivity contribution in [3.05, 3.63) is 0 Å². The monoisotopic (exact) mass is 232 g/mol. The van der Waals surface area contributed by atoms with Gasteiger partial charge in [0.25, 0.3) is 0 Å². The summed E-state index contributed by atoms with van der Waals surface area (Å²) in [4.78, 5) is 2.58. The Morgan fingerprint density at radius 2 is 2.33 bits per heavy atom. The van der Waals surface area contributed by atoms with Crippen molar-refractivity contribution in [1.29, 1.82) is 0 Å². The summed E-state index contributed by atoms with van der Waals surface area (Å²) in [5.41, 5.74) is 0. The molecule has 1 rings (SSSR count). The topological polar surface area (TPSA) is 24.5 Å². The molecule has 1 aliphatic heterocycles. The molecular formula is C11H24N2OS. The zero-order valence-electron chi connectivity index (χ0n) is 10.00. The van der Waals surface area contributed by atoms with E-state index in [9.17, 15) is 0 Å². The van der Waals surface area contributed by atoms with Gasteiger partial charge in [-0.1, -0.05) is 6.92 Å². The summed E-state index contributed by atoms with van der Waals surface area (Å²) in [7, 11) is 1.74. The van der Waals surface area contributed by atoms with E-state index < -0.39 is 0 Å². The molecule has 0 radical (unpaired) electrons. The molecule has 0 aliphatic carbocycles. The lowest BCUT2D eigenvalue weighted by atomic mass is 10.3. The maximum Gasteiger partial charge on any atom is 0.0587 e. The summed E-state index contributed by atoms with van der Waals surface area (Å²) in [5.74, 6) is 1.30. The van der Waals surface area contributed by atoms with E-state index >= 15 is 0 Å². The normalized spacial score (nSPS) is 23.2. The van der Waals surface area contributed by atoms with Crippen LogP contribution >= 0.6 is 11.8 Å². The minimum Gasteiger partial charge on any atom is -0.383 e. The molecule has 0 saturated carbocycles. The van der Waals surface area contributed by atoms with Crippen molar-refractivity contribution < 1.29 is 4.74 Å². The van der Waals surface area contributed by atoms with Crippen LogP contribution in [0.3, 0.4) is 0 Å². The van der Waals surface area contributed by atoms with Crippen LogP contribution in [-0.2, 0) is 4.74 Å². The van der Waals surface area contributed by atoms with Gasteiger partial charge >= 0.3 is 0 Å². The predicted octanol–water partition coefficient (Wildman–Crippen LogP) is 1.05. The number of thioether (sulfide) groups is 1. The summed E-state index contributed by atoms with van der Waals surface area (Å²) >= 11 is 2.10. The number of nitrogens with one attached hydrogen (secondary N) is 1. The van der Waals surface area contributed by atoms with Gasteiger partial charge in [-0.05, 0) is 19.5 Å². The number of rotatable bonds is 7. The van der Waals surface area contributed by atoms with Crippen molar-refractivity contribution in [2.45, 2.75) is 18.6 Å². The van der Waals surface area contributed by atoms with Crippen LogP contribution in [0.1, 0.15) is 13.3 Å². The Kier molecular flexibility index (Phi) is 7.44. The number of nitrogens with zero attached hydrogens (tertiary/aromatic N) is 1. The van der Waals surface area contributed by atoms with Crippen LogP contribution in [0, 0.1) is 0 Å². The SMILES string of the molecule is COCCNCCCN1CCSC(C)C1. The van der Waals surface area contributed by atoms with Gasteiger partial charge in [-0.15, -0.1) is 0 Å². The van der Waals surface area contributed by atoms with Crippen molar-refractivity contribution in [3.63, 3.8) is 0 Å². The average molecular weight is 232 g/mol. The molecule has 0 aromatic carbocycles. The highest BCUT2D eigenvalue weighted by Crippen LogP contribution is 2.17. The fourth-order valence-electron chi connectivity index (χ4n) is 1.82. The minimum atomic E-state index is 0.817. The van der Waals surface area contributed by atoms with Crippen LogP contribution in [0.2, 0.25) is 0 Å². The molecule has 0 amide bonds. The Morgan fingerprint density at radius 3 is 3.07 bits per heavy atom. The first-order valence-electron chi connectivity index (χ1n) is 5.86. The van der Waals surface area contributed by atoms with E-state index in [4.69, 9.17) is 4.74 Å². The Balaban J connectivity index is 1.90. The first kappa shape index (κ1) is 13.3. The highest BCUT2D eigenvalue weighted by atomic mass is 32.2.